The number of nitrogens with zero attached hydrogens (tertiary/aromatic N) is 2. The molecule has 0 spiro atoms. The van der Waals surface area contributed by atoms with Crippen molar-refractivity contribution in [2.24, 2.45) is 0 Å². The fourth-order valence-electron chi connectivity index (χ4n) is 11.0. The summed E-state index contributed by atoms with van der Waals surface area (Å²) in [6, 6.07) is 34.6. The Kier molecular flexibility index (Phi) is 8.39. The molecule has 5 aromatic carbocycles. The van der Waals surface area contributed by atoms with Crippen LogP contribution < -0.4 is 26.2 Å². The van der Waals surface area contributed by atoms with E-state index < -0.39 is 0 Å². The number of benzene rings is 5. The van der Waals surface area contributed by atoms with Gasteiger partial charge in [0.1, 0.15) is 0 Å². The molecule has 2 aliphatic heterocycles. The summed E-state index contributed by atoms with van der Waals surface area (Å²) in [5.74, 6) is 0. The van der Waals surface area contributed by atoms with E-state index in [1.54, 1.807) is 0 Å². The summed E-state index contributed by atoms with van der Waals surface area (Å²) in [6.45, 7) is 36.2. The molecule has 0 unspecified atom stereocenters. The highest BCUT2D eigenvalue weighted by molar-refractivity contribution is 7.00. The predicted molar refractivity (Wildman–Crippen MR) is 253 cm³/mol. The number of fused-ring (bicyclic) bond motifs is 6. The first kappa shape index (κ1) is 39.2. The van der Waals surface area contributed by atoms with Gasteiger partial charge >= 0.3 is 0 Å². The van der Waals surface area contributed by atoms with Crippen LogP contribution in [0.4, 0.5) is 34.1 Å². The van der Waals surface area contributed by atoms with E-state index in [1.165, 1.54) is 115 Å². The lowest BCUT2D eigenvalue weighted by Gasteiger charge is -2.48. The molecule has 5 aromatic rings. The zero-order chi connectivity index (χ0) is 41.7. The smallest absolute Gasteiger partial charge is 0.252 e. The minimum absolute atomic E-state index is 0.0107. The molecule has 0 amide bonds. The second kappa shape index (κ2) is 12.4. The summed E-state index contributed by atoms with van der Waals surface area (Å²) >= 11 is 0. The number of rotatable bonds is 2. The maximum absolute atomic E-state index is 2.69. The molecular weight excluding hydrogens is 699 g/mol. The van der Waals surface area contributed by atoms with Gasteiger partial charge in [-0.2, -0.15) is 0 Å². The van der Waals surface area contributed by atoms with Crippen molar-refractivity contribution in [2.75, 3.05) is 9.80 Å². The fourth-order valence-corrected chi connectivity index (χ4v) is 11.0. The Morgan fingerprint density at radius 2 is 0.931 bits per heavy atom. The molecule has 0 saturated heterocycles. The first-order valence-electron chi connectivity index (χ1n) is 22.2. The third-order valence-electron chi connectivity index (χ3n) is 15.1. The van der Waals surface area contributed by atoms with E-state index in [0.717, 1.165) is 0 Å². The summed E-state index contributed by atoms with van der Waals surface area (Å²) < 4.78 is 0. The molecule has 300 valence electrons. The zero-order valence-corrected chi connectivity index (χ0v) is 38.4. The molecular formula is C55H67BN2. The van der Waals surface area contributed by atoms with Crippen molar-refractivity contribution < 1.29 is 0 Å². The fraction of sp³-hybridized carbons (Fsp3) is 0.455. The number of hydrogen-bond donors (Lipinski definition) is 0. The van der Waals surface area contributed by atoms with Gasteiger partial charge in [-0.05, 0) is 169 Å². The third kappa shape index (κ3) is 5.95. The van der Waals surface area contributed by atoms with Crippen LogP contribution in [0, 0.1) is 6.92 Å². The van der Waals surface area contributed by atoms with Gasteiger partial charge in [-0.3, -0.25) is 0 Å². The normalized spacial score (nSPS) is 19.5. The van der Waals surface area contributed by atoms with Crippen LogP contribution in [0.3, 0.4) is 0 Å². The van der Waals surface area contributed by atoms with Crippen molar-refractivity contribution >= 4 is 57.2 Å². The summed E-state index contributed by atoms with van der Waals surface area (Å²) in [4.78, 5) is 5.31. The Morgan fingerprint density at radius 3 is 1.50 bits per heavy atom. The van der Waals surface area contributed by atoms with Gasteiger partial charge in [0.15, 0.2) is 0 Å². The zero-order valence-electron chi connectivity index (χ0n) is 38.4. The summed E-state index contributed by atoms with van der Waals surface area (Å²) in [7, 11) is 0. The molecule has 0 atom stereocenters. The van der Waals surface area contributed by atoms with Crippen molar-refractivity contribution in [3.05, 3.63) is 124 Å². The van der Waals surface area contributed by atoms with Crippen LogP contribution in [-0.2, 0) is 32.5 Å². The van der Waals surface area contributed by atoms with Crippen LogP contribution in [0.2, 0.25) is 0 Å². The third-order valence-corrected chi connectivity index (χ3v) is 15.1. The van der Waals surface area contributed by atoms with Crippen molar-refractivity contribution in [1.82, 2.24) is 0 Å². The highest BCUT2D eigenvalue weighted by Gasteiger charge is 2.47. The minimum atomic E-state index is 0.0107. The van der Waals surface area contributed by atoms with Gasteiger partial charge in [-0.15, -0.1) is 0 Å². The largest absolute Gasteiger partial charge is 0.311 e. The summed E-state index contributed by atoms with van der Waals surface area (Å²) in [5.41, 5.74) is 22.6. The molecule has 0 radical (unpaired) electrons. The average Bonchev–Trinajstić information content (AvgIpc) is 3.13. The number of hydrogen-bond acceptors (Lipinski definition) is 2. The van der Waals surface area contributed by atoms with E-state index >= 15 is 0 Å². The van der Waals surface area contributed by atoms with Gasteiger partial charge in [0.05, 0.1) is 0 Å². The van der Waals surface area contributed by atoms with Crippen LogP contribution in [0.25, 0.3) is 0 Å². The summed E-state index contributed by atoms with van der Waals surface area (Å²) in [6.07, 6.45) is 4.80. The summed E-state index contributed by atoms with van der Waals surface area (Å²) in [5, 5.41) is 0. The Morgan fingerprint density at radius 1 is 0.448 bits per heavy atom. The molecule has 2 nitrogen and oxygen atoms in total. The molecule has 2 aliphatic carbocycles. The van der Waals surface area contributed by atoms with Crippen LogP contribution in [0.15, 0.2) is 84.9 Å². The molecule has 9 rings (SSSR count). The van der Waals surface area contributed by atoms with Gasteiger partial charge < -0.3 is 9.80 Å². The lowest BCUT2D eigenvalue weighted by Crippen LogP contribution is -2.62. The highest BCUT2D eigenvalue weighted by Crippen LogP contribution is 2.53. The number of anilines is 6. The Balaban J connectivity index is 1.41. The van der Waals surface area contributed by atoms with Gasteiger partial charge in [-0.1, -0.05) is 133 Å². The molecule has 3 heteroatoms. The van der Waals surface area contributed by atoms with Crippen molar-refractivity contribution in [3.8, 4) is 0 Å². The van der Waals surface area contributed by atoms with Gasteiger partial charge in [0, 0.05) is 34.1 Å². The molecule has 0 saturated carbocycles. The standard InChI is InChI=1S/C55H67BN2/c1-34-27-47-49-48(28-34)58(38-20-21-39-40(31-38)53(10,11)24-23-52(39,8)9)46-33-42-41(54(12,13)25-26-55(42,14)15)32-44(46)56(49)43-22-19-36(51(5,6)7)30-45(43)57(47)37-18-16-17-35(29-37)50(2,3)4/h16-22,27-33H,23-26H2,1-15H3. The quantitative estimate of drug-likeness (QED) is 0.162. The van der Waals surface area contributed by atoms with Crippen molar-refractivity contribution in [2.45, 2.75) is 162 Å². The highest BCUT2D eigenvalue weighted by atomic mass is 15.2. The van der Waals surface area contributed by atoms with Crippen molar-refractivity contribution in [1.29, 1.82) is 0 Å². The lowest BCUT2D eigenvalue weighted by atomic mass is 9.33. The van der Waals surface area contributed by atoms with Gasteiger partial charge in [-0.25, -0.2) is 0 Å². The van der Waals surface area contributed by atoms with E-state index in [1.807, 2.05) is 0 Å². The van der Waals surface area contributed by atoms with Gasteiger partial charge in [0.2, 0.25) is 0 Å². The maximum atomic E-state index is 2.69. The Hall–Kier alpha value is -4.24. The first-order chi connectivity index (χ1) is 26.9. The monoisotopic (exact) mass is 767 g/mol. The second-order valence-electron chi connectivity index (χ2n) is 23.4. The Bertz CT molecular complexity index is 2510. The van der Waals surface area contributed by atoms with E-state index in [0.29, 0.717) is 0 Å². The van der Waals surface area contributed by atoms with Gasteiger partial charge in [0.25, 0.3) is 6.71 Å². The maximum Gasteiger partial charge on any atom is 0.252 e. The van der Waals surface area contributed by atoms with E-state index in [4.69, 9.17) is 0 Å². The predicted octanol–water partition coefficient (Wildman–Crippen LogP) is 13.4. The molecule has 0 aromatic heterocycles. The SMILES string of the molecule is Cc1cc2c3c(c1)N(c1ccc4c(c1)C(C)(C)CCC4(C)C)c1cc4c(cc1B3c1ccc(C(C)(C)C)cc1N2c1cccc(C(C)(C)C)c1)C(C)(C)CCC4(C)C. The first-order valence-corrected chi connectivity index (χ1v) is 22.2. The molecule has 58 heavy (non-hydrogen) atoms. The topological polar surface area (TPSA) is 6.48 Å². The molecule has 0 bridgehead atoms. The van der Waals surface area contributed by atoms with Crippen LogP contribution >= 0.6 is 0 Å². The average molecular weight is 767 g/mol. The molecule has 2 heterocycles. The van der Waals surface area contributed by atoms with Crippen LogP contribution in [-0.4, -0.2) is 6.71 Å². The number of aryl methyl sites for hydroxylation is 1. The Labute approximate surface area is 351 Å². The lowest BCUT2D eigenvalue weighted by molar-refractivity contribution is 0.332. The van der Waals surface area contributed by atoms with E-state index in [2.05, 4.69) is 199 Å². The van der Waals surface area contributed by atoms with E-state index in [-0.39, 0.29) is 39.2 Å². The second-order valence-corrected chi connectivity index (χ2v) is 23.4. The molecule has 0 N–H and O–H groups in total. The molecule has 0 fully saturated rings. The van der Waals surface area contributed by atoms with Crippen molar-refractivity contribution in [3.63, 3.8) is 0 Å². The van der Waals surface area contributed by atoms with Crippen LogP contribution in [0.1, 0.15) is 162 Å². The molecule has 4 aliphatic rings. The minimum Gasteiger partial charge on any atom is -0.311 e. The van der Waals surface area contributed by atoms with E-state index in [9.17, 15) is 0 Å². The van der Waals surface area contributed by atoms with Crippen LogP contribution in [0.5, 0.6) is 0 Å².